The van der Waals surface area contributed by atoms with Gasteiger partial charge in [0.25, 0.3) is 11.8 Å². The minimum atomic E-state index is -0.894. The number of hydrazine groups is 1. The van der Waals surface area contributed by atoms with Crippen LogP contribution in [0.25, 0.3) is 10.9 Å². The summed E-state index contributed by atoms with van der Waals surface area (Å²) in [6, 6.07) is 7.22. The third-order valence-electron chi connectivity index (χ3n) is 4.66. The molecule has 2 atom stereocenters. The van der Waals surface area contributed by atoms with Crippen molar-refractivity contribution in [2.75, 3.05) is 5.43 Å². The normalized spacial score (nSPS) is 20.0. The Balaban J connectivity index is 1.99. The highest BCUT2D eigenvalue weighted by Gasteiger charge is 2.42. The predicted octanol–water partition coefficient (Wildman–Crippen LogP) is 2.98. The van der Waals surface area contributed by atoms with Crippen LogP contribution in [0.4, 0.5) is 5.82 Å². The van der Waals surface area contributed by atoms with Gasteiger partial charge in [-0.05, 0) is 30.2 Å². The topological polar surface area (TPSA) is 99.6 Å². The number of amides is 2. The number of carboxylic acids is 1. The number of carboxylic acid groups (broad SMARTS) is 1. The predicted molar refractivity (Wildman–Crippen MR) is 99.2 cm³/mol. The Morgan fingerprint density at radius 2 is 1.88 bits per heavy atom. The van der Waals surface area contributed by atoms with Crippen LogP contribution in [0.3, 0.4) is 0 Å². The molecule has 7 nitrogen and oxygen atoms in total. The number of fused-ring (bicyclic) bond motifs is 1. The highest BCUT2D eigenvalue weighted by atomic mass is 79.9. The Morgan fingerprint density at radius 1 is 1.23 bits per heavy atom. The minimum Gasteiger partial charge on any atom is -0.481 e. The lowest BCUT2D eigenvalue weighted by Crippen LogP contribution is -2.36. The Hall–Kier alpha value is -2.48. The van der Waals surface area contributed by atoms with E-state index in [1.807, 2.05) is 18.2 Å². The van der Waals surface area contributed by atoms with Gasteiger partial charge >= 0.3 is 5.97 Å². The number of pyridine rings is 1. The summed E-state index contributed by atoms with van der Waals surface area (Å²) in [6.45, 7) is 3.44. The van der Waals surface area contributed by atoms with E-state index in [2.05, 4.69) is 26.3 Å². The first-order chi connectivity index (χ1) is 12.3. The third-order valence-corrected chi connectivity index (χ3v) is 5.16. The Labute approximate surface area is 158 Å². The molecular formula is C18H18BrN3O4. The summed E-state index contributed by atoms with van der Waals surface area (Å²) >= 11 is 3.39. The van der Waals surface area contributed by atoms with Gasteiger partial charge in [0.1, 0.15) is 5.82 Å². The largest absolute Gasteiger partial charge is 0.481 e. The van der Waals surface area contributed by atoms with Crippen LogP contribution in [0, 0.1) is 11.8 Å². The summed E-state index contributed by atoms with van der Waals surface area (Å²) in [6.07, 6.45) is 0.295. The molecule has 2 N–H and O–H groups in total. The van der Waals surface area contributed by atoms with Crippen LogP contribution in [0.5, 0.6) is 0 Å². The van der Waals surface area contributed by atoms with Gasteiger partial charge in [0, 0.05) is 28.1 Å². The molecule has 0 aliphatic carbocycles. The lowest BCUT2D eigenvalue weighted by molar-refractivity contribution is -0.138. The quantitative estimate of drug-likeness (QED) is 0.722. The molecule has 1 saturated heterocycles. The Kier molecular flexibility index (Phi) is 4.95. The maximum Gasteiger partial charge on any atom is 0.303 e. The fourth-order valence-electron chi connectivity index (χ4n) is 2.95. The van der Waals surface area contributed by atoms with Crippen molar-refractivity contribution < 1.29 is 19.5 Å². The number of carbonyl (C=O) groups excluding carboxylic acids is 2. The number of hydrogen-bond donors (Lipinski definition) is 2. The van der Waals surface area contributed by atoms with E-state index in [4.69, 9.17) is 5.11 Å². The highest BCUT2D eigenvalue weighted by molar-refractivity contribution is 9.10. The SMILES string of the molecule is CC1C(=O)N(Nc2cc(CCC(=O)O)c3ccc(Br)cc3n2)C(=O)C1C. The average molecular weight is 420 g/mol. The van der Waals surface area contributed by atoms with Crippen LogP contribution in [-0.4, -0.2) is 32.9 Å². The monoisotopic (exact) mass is 419 g/mol. The number of aromatic nitrogens is 1. The fraction of sp³-hybridized carbons (Fsp3) is 0.333. The first-order valence-electron chi connectivity index (χ1n) is 8.23. The molecule has 1 aromatic carbocycles. The number of anilines is 1. The number of imide groups is 1. The zero-order valence-corrected chi connectivity index (χ0v) is 15.9. The first-order valence-corrected chi connectivity index (χ1v) is 9.02. The second-order valence-corrected chi connectivity index (χ2v) is 7.34. The fourth-order valence-corrected chi connectivity index (χ4v) is 3.30. The van der Waals surface area contributed by atoms with Crippen LogP contribution in [0.15, 0.2) is 28.7 Å². The van der Waals surface area contributed by atoms with Crippen molar-refractivity contribution in [1.82, 2.24) is 9.99 Å². The smallest absolute Gasteiger partial charge is 0.303 e. The Morgan fingerprint density at radius 3 is 2.50 bits per heavy atom. The summed E-state index contributed by atoms with van der Waals surface area (Å²) < 4.78 is 0.828. The molecule has 1 aliphatic rings. The number of halogens is 1. The summed E-state index contributed by atoms with van der Waals surface area (Å²) in [4.78, 5) is 40.0. The van der Waals surface area contributed by atoms with Crippen LogP contribution < -0.4 is 5.43 Å². The van der Waals surface area contributed by atoms with E-state index in [1.54, 1.807) is 19.9 Å². The van der Waals surface area contributed by atoms with Crippen LogP contribution in [0.1, 0.15) is 25.8 Å². The van der Waals surface area contributed by atoms with Crippen molar-refractivity contribution in [1.29, 1.82) is 0 Å². The van der Waals surface area contributed by atoms with Gasteiger partial charge in [-0.25, -0.2) is 4.98 Å². The number of nitrogens with zero attached hydrogens (tertiary/aromatic N) is 2. The lowest BCUT2D eigenvalue weighted by atomic mass is 10.00. The molecule has 1 aliphatic heterocycles. The number of hydrogen-bond acceptors (Lipinski definition) is 5. The van der Waals surface area contributed by atoms with Crippen molar-refractivity contribution in [3.05, 3.63) is 34.3 Å². The number of carbonyl (C=O) groups is 3. The van der Waals surface area contributed by atoms with Crippen LogP contribution >= 0.6 is 15.9 Å². The first kappa shape index (κ1) is 18.3. The number of rotatable bonds is 5. The zero-order valence-electron chi connectivity index (χ0n) is 14.3. The van der Waals surface area contributed by atoms with E-state index in [1.165, 1.54) is 0 Å². The molecule has 2 unspecified atom stereocenters. The van der Waals surface area contributed by atoms with Crippen molar-refractivity contribution in [2.24, 2.45) is 11.8 Å². The molecule has 0 saturated carbocycles. The molecule has 2 amide bonds. The second kappa shape index (κ2) is 7.03. The molecule has 2 aromatic rings. The van der Waals surface area contributed by atoms with Gasteiger partial charge in [-0.3, -0.25) is 19.8 Å². The molecule has 2 heterocycles. The summed E-state index contributed by atoms with van der Waals surface area (Å²) in [5.41, 5.74) is 4.23. The minimum absolute atomic E-state index is 0.0236. The summed E-state index contributed by atoms with van der Waals surface area (Å²) in [5, 5.41) is 10.8. The van der Waals surface area contributed by atoms with E-state index in [-0.39, 0.29) is 18.2 Å². The molecule has 0 spiro atoms. The molecule has 26 heavy (non-hydrogen) atoms. The molecule has 1 aromatic heterocycles. The molecule has 136 valence electrons. The number of nitrogens with one attached hydrogen (secondary N) is 1. The van der Waals surface area contributed by atoms with Gasteiger partial charge in [-0.2, -0.15) is 5.01 Å². The van der Waals surface area contributed by atoms with Gasteiger partial charge in [0.15, 0.2) is 0 Å². The molecule has 1 fully saturated rings. The van der Waals surface area contributed by atoms with Crippen molar-refractivity contribution in [2.45, 2.75) is 26.7 Å². The van der Waals surface area contributed by atoms with Gasteiger partial charge in [-0.15, -0.1) is 0 Å². The lowest BCUT2D eigenvalue weighted by Gasteiger charge is -2.18. The van der Waals surface area contributed by atoms with E-state index >= 15 is 0 Å². The molecule has 8 heteroatoms. The standard InChI is InChI=1S/C18H18BrN3O4/c1-9-10(2)18(26)22(17(9)25)21-15-7-11(3-6-16(23)24)13-5-4-12(19)8-14(13)20-15/h4-5,7-10H,3,6H2,1-2H3,(H,20,21)(H,23,24). The molecular weight excluding hydrogens is 402 g/mol. The van der Waals surface area contributed by atoms with E-state index in [9.17, 15) is 14.4 Å². The number of aryl methyl sites for hydroxylation is 1. The van der Waals surface area contributed by atoms with Crippen LogP contribution in [-0.2, 0) is 20.8 Å². The maximum absolute atomic E-state index is 12.3. The van der Waals surface area contributed by atoms with E-state index in [0.29, 0.717) is 17.8 Å². The third kappa shape index (κ3) is 3.41. The molecule has 3 rings (SSSR count). The van der Waals surface area contributed by atoms with Gasteiger partial charge in [0.2, 0.25) is 0 Å². The average Bonchev–Trinajstić information content (AvgIpc) is 2.77. The highest BCUT2D eigenvalue weighted by Crippen LogP contribution is 2.28. The van der Waals surface area contributed by atoms with Gasteiger partial charge < -0.3 is 5.11 Å². The zero-order chi connectivity index (χ0) is 19.0. The summed E-state index contributed by atoms with van der Waals surface area (Å²) in [5.74, 6) is -1.95. The Bertz CT molecular complexity index is 895. The maximum atomic E-state index is 12.3. The van der Waals surface area contributed by atoms with E-state index < -0.39 is 17.8 Å². The van der Waals surface area contributed by atoms with Crippen LogP contribution in [0.2, 0.25) is 0 Å². The molecule has 0 radical (unpaired) electrons. The summed E-state index contributed by atoms with van der Waals surface area (Å²) in [7, 11) is 0. The van der Waals surface area contributed by atoms with Crippen molar-refractivity contribution >= 4 is 50.4 Å². The van der Waals surface area contributed by atoms with E-state index in [0.717, 1.165) is 20.4 Å². The molecule has 0 bridgehead atoms. The number of aliphatic carboxylic acids is 1. The second-order valence-electron chi connectivity index (χ2n) is 6.42. The van der Waals surface area contributed by atoms with Crippen molar-refractivity contribution in [3.63, 3.8) is 0 Å². The number of benzene rings is 1. The van der Waals surface area contributed by atoms with Crippen molar-refractivity contribution in [3.8, 4) is 0 Å². The van der Waals surface area contributed by atoms with Gasteiger partial charge in [-0.1, -0.05) is 35.8 Å². The van der Waals surface area contributed by atoms with Gasteiger partial charge in [0.05, 0.1) is 5.52 Å².